The molecule has 124 valence electrons. The molecule has 1 saturated carbocycles. The summed E-state index contributed by atoms with van der Waals surface area (Å²) < 4.78 is 0. The number of nitrogens with two attached hydrogens (primary N) is 1. The first kappa shape index (κ1) is 16.7. The molecule has 1 aliphatic carbocycles. The number of hydrogen-bond donors (Lipinski definition) is 3. The Hall–Kier alpha value is -1.63. The smallest absolute Gasteiger partial charge is 0.325 e. The number of carbonyl (C=O) groups excluding carboxylic acids is 3. The highest BCUT2D eigenvalue weighted by Crippen LogP contribution is 2.38. The van der Waals surface area contributed by atoms with E-state index in [0.29, 0.717) is 19.4 Å². The lowest BCUT2D eigenvalue weighted by Gasteiger charge is -2.36. The molecule has 2 aliphatic rings. The van der Waals surface area contributed by atoms with E-state index >= 15 is 0 Å². The molecule has 4 amide bonds. The molecule has 7 nitrogen and oxygen atoms in total. The molecule has 2 fully saturated rings. The third-order valence-electron chi connectivity index (χ3n) is 4.73. The van der Waals surface area contributed by atoms with Crippen LogP contribution in [0, 0.1) is 5.92 Å². The van der Waals surface area contributed by atoms with Gasteiger partial charge in [0, 0.05) is 12.6 Å². The number of nitrogens with one attached hydrogen (secondary N) is 2. The van der Waals surface area contributed by atoms with Crippen molar-refractivity contribution < 1.29 is 14.4 Å². The topological polar surface area (TPSA) is 105 Å². The van der Waals surface area contributed by atoms with Crippen molar-refractivity contribution in [1.29, 1.82) is 0 Å². The van der Waals surface area contributed by atoms with Crippen LogP contribution in [0.4, 0.5) is 4.79 Å². The maximum Gasteiger partial charge on any atom is 0.325 e. The van der Waals surface area contributed by atoms with Crippen molar-refractivity contribution in [2.75, 3.05) is 13.1 Å². The van der Waals surface area contributed by atoms with E-state index in [-0.39, 0.29) is 30.3 Å². The number of nitrogens with zero attached hydrogens (tertiary/aromatic N) is 1. The van der Waals surface area contributed by atoms with E-state index < -0.39 is 11.6 Å². The summed E-state index contributed by atoms with van der Waals surface area (Å²) in [7, 11) is 0. The van der Waals surface area contributed by atoms with Crippen molar-refractivity contribution in [3.05, 3.63) is 0 Å². The van der Waals surface area contributed by atoms with Crippen LogP contribution in [0.25, 0.3) is 0 Å². The van der Waals surface area contributed by atoms with E-state index in [2.05, 4.69) is 10.6 Å². The van der Waals surface area contributed by atoms with Crippen LogP contribution in [0.3, 0.4) is 0 Å². The average molecular weight is 310 g/mol. The largest absolute Gasteiger partial charge is 0.354 e. The highest BCUT2D eigenvalue weighted by molar-refractivity contribution is 6.09. The number of carbonyl (C=O) groups is 3. The quantitative estimate of drug-likeness (QED) is 0.637. The Morgan fingerprint density at radius 2 is 2.23 bits per heavy atom. The molecule has 1 heterocycles. The minimum atomic E-state index is -0.804. The lowest BCUT2D eigenvalue weighted by atomic mass is 9.73. The summed E-state index contributed by atoms with van der Waals surface area (Å²) in [5.41, 5.74) is 4.81. The molecule has 0 radical (unpaired) electrons. The number of rotatable bonds is 5. The van der Waals surface area contributed by atoms with Crippen LogP contribution in [-0.2, 0) is 9.59 Å². The molecule has 0 aromatic heterocycles. The minimum Gasteiger partial charge on any atom is -0.354 e. The molecule has 1 spiro atoms. The molecule has 22 heavy (non-hydrogen) atoms. The molecule has 7 heteroatoms. The van der Waals surface area contributed by atoms with E-state index in [4.69, 9.17) is 5.73 Å². The van der Waals surface area contributed by atoms with Crippen LogP contribution in [0.15, 0.2) is 0 Å². The number of imide groups is 1. The van der Waals surface area contributed by atoms with Crippen LogP contribution < -0.4 is 16.4 Å². The molecule has 0 bridgehead atoms. The number of hydrogen-bond acceptors (Lipinski definition) is 4. The van der Waals surface area contributed by atoms with Gasteiger partial charge >= 0.3 is 6.03 Å². The number of urea groups is 1. The van der Waals surface area contributed by atoms with Gasteiger partial charge in [0.05, 0.1) is 0 Å². The molecule has 1 saturated heterocycles. The van der Waals surface area contributed by atoms with Gasteiger partial charge in [-0.3, -0.25) is 14.5 Å². The zero-order chi connectivity index (χ0) is 16.3. The molecule has 0 aromatic carbocycles. The standard InChI is InChI=1S/C15H26N4O3/c1-10-5-3-4-7-15(10)13(21)19(14(22)18-15)9-12(20)17-8-6-11(2)16/h10-11H,3-9,16H2,1-2H3,(H,17,20)(H,18,22). The van der Waals surface area contributed by atoms with Crippen molar-refractivity contribution >= 4 is 17.8 Å². The van der Waals surface area contributed by atoms with E-state index in [1.807, 2.05) is 13.8 Å². The van der Waals surface area contributed by atoms with Crippen molar-refractivity contribution in [1.82, 2.24) is 15.5 Å². The molecule has 3 atom stereocenters. The van der Waals surface area contributed by atoms with Crippen LogP contribution in [0.1, 0.15) is 46.0 Å². The average Bonchev–Trinajstić information content (AvgIpc) is 2.67. The van der Waals surface area contributed by atoms with Crippen molar-refractivity contribution in [2.45, 2.75) is 57.5 Å². The van der Waals surface area contributed by atoms with Crippen molar-refractivity contribution in [3.8, 4) is 0 Å². The normalized spacial score (nSPS) is 29.6. The Morgan fingerprint density at radius 1 is 1.50 bits per heavy atom. The SMILES string of the molecule is CC(N)CCNC(=O)CN1C(=O)NC2(CCCCC2C)C1=O. The molecule has 0 aromatic rings. The summed E-state index contributed by atoms with van der Waals surface area (Å²) in [5.74, 6) is -0.486. The minimum absolute atomic E-state index is 0.00312. The Labute approximate surface area is 131 Å². The fraction of sp³-hybridized carbons (Fsp3) is 0.800. The lowest BCUT2D eigenvalue weighted by molar-refractivity contribution is -0.137. The van der Waals surface area contributed by atoms with Crippen LogP contribution >= 0.6 is 0 Å². The monoisotopic (exact) mass is 310 g/mol. The second kappa shape index (κ2) is 6.64. The zero-order valence-electron chi connectivity index (χ0n) is 13.4. The van der Waals surface area contributed by atoms with Crippen molar-refractivity contribution in [3.63, 3.8) is 0 Å². The Bertz CT molecular complexity index is 466. The second-order valence-electron chi connectivity index (χ2n) is 6.56. The Kier molecular flexibility index (Phi) is 5.05. The zero-order valence-corrected chi connectivity index (χ0v) is 13.4. The van der Waals surface area contributed by atoms with Gasteiger partial charge in [-0.15, -0.1) is 0 Å². The van der Waals surface area contributed by atoms with Crippen LogP contribution in [0.2, 0.25) is 0 Å². The molecule has 3 unspecified atom stereocenters. The van der Waals surface area contributed by atoms with Gasteiger partial charge in [0.15, 0.2) is 0 Å². The first-order valence-electron chi connectivity index (χ1n) is 8.03. The lowest BCUT2D eigenvalue weighted by Crippen LogP contribution is -2.54. The van der Waals surface area contributed by atoms with Gasteiger partial charge < -0.3 is 16.4 Å². The molecule has 1 aliphatic heterocycles. The summed E-state index contributed by atoms with van der Waals surface area (Å²) in [4.78, 5) is 37.7. The summed E-state index contributed by atoms with van der Waals surface area (Å²) in [6.07, 6.45) is 4.23. The summed E-state index contributed by atoms with van der Waals surface area (Å²) >= 11 is 0. The summed E-state index contributed by atoms with van der Waals surface area (Å²) in [6.45, 7) is 4.07. The molecule has 2 rings (SSSR count). The predicted molar refractivity (Wildman–Crippen MR) is 81.9 cm³/mol. The van der Waals surface area contributed by atoms with Gasteiger partial charge in [0.25, 0.3) is 5.91 Å². The fourth-order valence-electron chi connectivity index (χ4n) is 3.28. The van der Waals surface area contributed by atoms with Crippen LogP contribution in [-0.4, -0.2) is 47.4 Å². The maximum absolute atomic E-state index is 12.7. The Balaban J connectivity index is 1.96. The van der Waals surface area contributed by atoms with Gasteiger partial charge in [-0.25, -0.2) is 4.79 Å². The maximum atomic E-state index is 12.7. The van der Waals surface area contributed by atoms with E-state index in [1.54, 1.807) is 0 Å². The van der Waals surface area contributed by atoms with Crippen LogP contribution in [0.5, 0.6) is 0 Å². The molecule has 4 N–H and O–H groups in total. The van der Waals surface area contributed by atoms with Gasteiger partial charge in [0.2, 0.25) is 5.91 Å². The van der Waals surface area contributed by atoms with Gasteiger partial charge in [-0.2, -0.15) is 0 Å². The molecular weight excluding hydrogens is 284 g/mol. The van der Waals surface area contributed by atoms with E-state index in [1.165, 1.54) is 0 Å². The predicted octanol–water partition coefficient (Wildman–Crippen LogP) is 0.341. The highest BCUT2D eigenvalue weighted by atomic mass is 16.2. The summed E-state index contributed by atoms with van der Waals surface area (Å²) in [6, 6.07) is -0.454. The van der Waals surface area contributed by atoms with Gasteiger partial charge in [0.1, 0.15) is 12.1 Å². The third-order valence-corrected chi connectivity index (χ3v) is 4.73. The highest BCUT2D eigenvalue weighted by Gasteiger charge is 2.55. The van der Waals surface area contributed by atoms with E-state index in [0.717, 1.165) is 24.2 Å². The first-order chi connectivity index (χ1) is 10.4. The second-order valence-corrected chi connectivity index (χ2v) is 6.56. The van der Waals surface area contributed by atoms with Crippen molar-refractivity contribution in [2.24, 2.45) is 11.7 Å². The summed E-state index contributed by atoms with van der Waals surface area (Å²) in [5, 5.41) is 5.53. The van der Waals surface area contributed by atoms with Gasteiger partial charge in [-0.05, 0) is 32.1 Å². The first-order valence-corrected chi connectivity index (χ1v) is 8.03. The van der Waals surface area contributed by atoms with Gasteiger partial charge in [-0.1, -0.05) is 19.8 Å². The Morgan fingerprint density at radius 3 is 2.86 bits per heavy atom. The third kappa shape index (κ3) is 3.24. The molecular formula is C15H26N4O3. The van der Waals surface area contributed by atoms with E-state index in [9.17, 15) is 14.4 Å². The number of amides is 4. The fourth-order valence-corrected chi connectivity index (χ4v) is 3.28.